The lowest BCUT2D eigenvalue weighted by Crippen LogP contribution is -2.11. The second-order valence-electron chi connectivity index (χ2n) is 2.47. The molecule has 2 aromatic heterocycles. The highest BCUT2D eigenvalue weighted by atomic mass is 16.1. The van der Waals surface area contributed by atoms with Crippen LogP contribution in [0.5, 0.6) is 0 Å². The van der Waals surface area contributed by atoms with E-state index in [4.69, 9.17) is 7.85 Å². The molecule has 0 spiro atoms. The van der Waals surface area contributed by atoms with Gasteiger partial charge in [0.15, 0.2) is 5.43 Å². The molecule has 1 N–H and O–H groups in total. The third-order valence-electron chi connectivity index (χ3n) is 1.64. The minimum atomic E-state index is -0.0451. The van der Waals surface area contributed by atoms with Crippen LogP contribution in [0.25, 0.3) is 11.0 Å². The van der Waals surface area contributed by atoms with Gasteiger partial charge >= 0.3 is 0 Å². The van der Waals surface area contributed by atoms with Gasteiger partial charge < -0.3 is 4.98 Å². The summed E-state index contributed by atoms with van der Waals surface area (Å²) >= 11 is 0. The number of hydrogen-bond donors (Lipinski definition) is 1. The van der Waals surface area contributed by atoms with E-state index >= 15 is 0 Å². The Bertz CT molecular complexity index is 478. The Morgan fingerprint density at radius 2 is 2.17 bits per heavy atom. The molecule has 56 valence electrons. The molecular formula is C8H5BN2O. The molecule has 0 aliphatic rings. The van der Waals surface area contributed by atoms with Crippen LogP contribution >= 0.6 is 0 Å². The van der Waals surface area contributed by atoms with Gasteiger partial charge in [0.05, 0.1) is 5.39 Å². The van der Waals surface area contributed by atoms with Gasteiger partial charge in [-0.3, -0.25) is 4.79 Å². The van der Waals surface area contributed by atoms with Crippen LogP contribution in [-0.4, -0.2) is 17.8 Å². The fourth-order valence-corrected chi connectivity index (χ4v) is 1.07. The standard InChI is InChI=1S/C8H5BN2O/c9-7-2-1-5-6(12)3-4-10-8(5)11-7/h1-4H,(H,10,11,12). The minimum Gasteiger partial charge on any atom is -0.346 e. The van der Waals surface area contributed by atoms with Crippen LogP contribution in [0.2, 0.25) is 0 Å². The van der Waals surface area contributed by atoms with Crippen LogP contribution in [0.15, 0.2) is 29.2 Å². The summed E-state index contributed by atoms with van der Waals surface area (Å²) in [5.74, 6) is 0. The lowest BCUT2D eigenvalue weighted by molar-refractivity contribution is 1.30. The van der Waals surface area contributed by atoms with Crippen LogP contribution < -0.4 is 11.0 Å². The second-order valence-corrected chi connectivity index (χ2v) is 2.47. The fourth-order valence-electron chi connectivity index (χ4n) is 1.07. The number of aromatic amines is 1. The number of nitrogens with one attached hydrogen (secondary N) is 1. The van der Waals surface area contributed by atoms with Gasteiger partial charge in [0.25, 0.3) is 0 Å². The number of nitrogens with zero attached hydrogens (tertiary/aromatic N) is 1. The minimum absolute atomic E-state index is 0.0451. The van der Waals surface area contributed by atoms with Crippen LogP contribution in [0.4, 0.5) is 0 Å². The molecule has 0 aliphatic heterocycles. The summed E-state index contributed by atoms with van der Waals surface area (Å²) in [5, 5.41) is 0.562. The Labute approximate surface area is 69.9 Å². The van der Waals surface area contributed by atoms with E-state index in [1.54, 1.807) is 18.3 Å². The second kappa shape index (κ2) is 2.48. The van der Waals surface area contributed by atoms with Gasteiger partial charge in [-0.2, -0.15) is 0 Å². The van der Waals surface area contributed by atoms with Gasteiger partial charge in [0, 0.05) is 12.3 Å². The van der Waals surface area contributed by atoms with E-state index in [2.05, 4.69) is 9.97 Å². The molecule has 2 rings (SSSR count). The molecule has 0 amide bonds. The van der Waals surface area contributed by atoms with E-state index in [1.807, 2.05) is 0 Å². The van der Waals surface area contributed by atoms with E-state index < -0.39 is 0 Å². The molecule has 0 bridgehead atoms. The Morgan fingerprint density at radius 3 is 3.00 bits per heavy atom. The topological polar surface area (TPSA) is 45.8 Å². The zero-order valence-electron chi connectivity index (χ0n) is 6.24. The average molecular weight is 156 g/mol. The van der Waals surface area contributed by atoms with Crippen LogP contribution in [0.1, 0.15) is 0 Å². The normalized spacial score (nSPS) is 10.3. The van der Waals surface area contributed by atoms with E-state index in [9.17, 15) is 4.79 Å². The van der Waals surface area contributed by atoms with Crippen molar-refractivity contribution in [1.82, 2.24) is 9.97 Å². The van der Waals surface area contributed by atoms with Crippen molar-refractivity contribution in [2.45, 2.75) is 0 Å². The summed E-state index contributed by atoms with van der Waals surface area (Å²) in [6.45, 7) is 0. The summed E-state index contributed by atoms with van der Waals surface area (Å²) in [4.78, 5) is 18.0. The van der Waals surface area contributed by atoms with Crippen molar-refractivity contribution in [2.75, 3.05) is 0 Å². The molecule has 0 saturated carbocycles. The lowest BCUT2D eigenvalue weighted by Gasteiger charge is -1.96. The van der Waals surface area contributed by atoms with E-state index in [0.29, 0.717) is 16.6 Å². The van der Waals surface area contributed by atoms with Crippen LogP contribution in [-0.2, 0) is 0 Å². The molecule has 12 heavy (non-hydrogen) atoms. The Hall–Kier alpha value is -1.58. The Kier molecular flexibility index (Phi) is 1.47. The highest BCUT2D eigenvalue weighted by Gasteiger charge is 1.96. The van der Waals surface area contributed by atoms with Crippen molar-refractivity contribution < 1.29 is 0 Å². The molecule has 0 unspecified atom stereocenters. The summed E-state index contributed by atoms with van der Waals surface area (Å²) in [7, 11) is 5.44. The van der Waals surface area contributed by atoms with E-state index in [-0.39, 0.29) is 5.43 Å². The summed E-state index contributed by atoms with van der Waals surface area (Å²) in [5.41, 5.74) is 0.892. The zero-order valence-corrected chi connectivity index (χ0v) is 6.24. The van der Waals surface area contributed by atoms with E-state index in [0.717, 1.165) is 0 Å². The van der Waals surface area contributed by atoms with Gasteiger partial charge in [0.2, 0.25) is 0 Å². The average Bonchev–Trinajstić information content (AvgIpc) is 2.04. The fraction of sp³-hybridized carbons (Fsp3) is 0. The summed E-state index contributed by atoms with van der Waals surface area (Å²) in [6, 6.07) is 4.73. The Balaban J connectivity index is 2.96. The molecule has 0 saturated heterocycles. The molecule has 0 atom stereocenters. The quantitative estimate of drug-likeness (QED) is 0.533. The van der Waals surface area contributed by atoms with Crippen molar-refractivity contribution in [3.8, 4) is 0 Å². The van der Waals surface area contributed by atoms with Gasteiger partial charge in [-0.15, -0.1) is 0 Å². The molecule has 2 heterocycles. The third-order valence-corrected chi connectivity index (χ3v) is 1.64. The van der Waals surface area contributed by atoms with Crippen molar-refractivity contribution in [1.29, 1.82) is 0 Å². The van der Waals surface area contributed by atoms with E-state index in [1.165, 1.54) is 6.07 Å². The molecule has 2 aromatic rings. The monoisotopic (exact) mass is 156 g/mol. The maximum Gasteiger partial charge on any atom is 0.191 e. The first kappa shape index (κ1) is 7.09. The lowest BCUT2D eigenvalue weighted by atomic mass is 10.0. The molecular weight excluding hydrogens is 151 g/mol. The van der Waals surface area contributed by atoms with Crippen molar-refractivity contribution >= 4 is 24.5 Å². The predicted octanol–water partition coefficient (Wildman–Crippen LogP) is -0.283. The molecule has 2 radical (unpaired) electrons. The van der Waals surface area contributed by atoms with Crippen LogP contribution in [0, 0.1) is 0 Å². The van der Waals surface area contributed by atoms with Crippen LogP contribution in [0.3, 0.4) is 0 Å². The van der Waals surface area contributed by atoms with Crippen molar-refractivity contribution in [2.24, 2.45) is 0 Å². The maximum atomic E-state index is 11.2. The smallest absolute Gasteiger partial charge is 0.191 e. The maximum absolute atomic E-state index is 11.2. The number of rotatable bonds is 0. The van der Waals surface area contributed by atoms with Crippen molar-refractivity contribution in [3.63, 3.8) is 0 Å². The zero-order chi connectivity index (χ0) is 8.55. The largest absolute Gasteiger partial charge is 0.346 e. The molecule has 0 fully saturated rings. The number of fused-ring (bicyclic) bond motifs is 1. The Morgan fingerprint density at radius 1 is 1.33 bits per heavy atom. The first-order chi connectivity index (χ1) is 5.77. The number of pyridine rings is 2. The number of hydrogen-bond acceptors (Lipinski definition) is 2. The number of aromatic nitrogens is 2. The SMILES string of the molecule is [B]c1ccc2c(=O)cc[nH]c2n1. The van der Waals surface area contributed by atoms with Gasteiger partial charge in [-0.05, 0) is 11.7 Å². The van der Waals surface area contributed by atoms with Gasteiger partial charge in [0.1, 0.15) is 13.5 Å². The predicted molar refractivity (Wildman–Crippen MR) is 47.8 cm³/mol. The van der Waals surface area contributed by atoms with Crippen molar-refractivity contribution in [3.05, 3.63) is 34.6 Å². The van der Waals surface area contributed by atoms with Gasteiger partial charge in [-0.1, -0.05) is 6.07 Å². The number of H-pyrrole nitrogens is 1. The highest BCUT2D eigenvalue weighted by molar-refractivity contribution is 6.31. The summed E-state index contributed by atoms with van der Waals surface area (Å²) in [6.07, 6.45) is 1.55. The molecule has 3 nitrogen and oxygen atoms in total. The molecule has 0 aromatic carbocycles. The molecule has 0 aliphatic carbocycles. The highest BCUT2D eigenvalue weighted by Crippen LogP contribution is 1.98. The first-order valence-corrected chi connectivity index (χ1v) is 3.51. The first-order valence-electron chi connectivity index (χ1n) is 3.51. The summed E-state index contributed by atoms with van der Waals surface area (Å²) < 4.78 is 0. The van der Waals surface area contributed by atoms with Gasteiger partial charge in [-0.25, -0.2) is 4.98 Å². The third kappa shape index (κ3) is 1.01. The molecule has 4 heteroatoms.